The summed E-state index contributed by atoms with van der Waals surface area (Å²) in [6.45, 7) is -0.699. The van der Waals surface area contributed by atoms with Crippen molar-refractivity contribution < 1.29 is 53.2 Å². The van der Waals surface area contributed by atoms with Crippen LogP contribution in [0.2, 0.25) is 0 Å². The van der Waals surface area contributed by atoms with Crippen molar-refractivity contribution >= 4 is 5.78 Å². The topological polar surface area (TPSA) is 41.2 Å². The molecule has 1 heterocycles. The van der Waals surface area contributed by atoms with Crippen molar-refractivity contribution in [1.82, 2.24) is 0 Å². The standard InChI is InChI=1S/C11H10F6NO2.ClH/c12-10(13,14)9(20,11(15,16)17)6-8(19)7-18-4-2-1-3-5-18;/h1-5,20H,6-7H2;1H/q+1;/p-1. The van der Waals surface area contributed by atoms with E-state index in [9.17, 15) is 31.1 Å². The van der Waals surface area contributed by atoms with Gasteiger partial charge in [-0.3, -0.25) is 4.79 Å². The molecule has 1 rings (SSSR count). The van der Waals surface area contributed by atoms with Gasteiger partial charge in [-0.15, -0.1) is 0 Å². The van der Waals surface area contributed by atoms with Crippen LogP contribution in [0.1, 0.15) is 6.42 Å². The molecule has 0 amide bonds. The summed E-state index contributed by atoms with van der Waals surface area (Å²) < 4.78 is 75.3. The number of alkyl halides is 6. The fourth-order valence-electron chi connectivity index (χ4n) is 1.45. The van der Waals surface area contributed by atoms with Crippen molar-refractivity contribution in [3.8, 4) is 0 Å². The Bertz CT molecular complexity index is 460. The Hall–Kier alpha value is -1.35. The Labute approximate surface area is 121 Å². The van der Waals surface area contributed by atoms with E-state index in [2.05, 4.69) is 0 Å². The monoisotopic (exact) mass is 337 g/mol. The number of aromatic nitrogens is 1. The molecular formula is C11H10ClF6NO2. The average molecular weight is 338 g/mol. The van der Waals surface area contributed by atoms with Crippen molar-refractivity contribution in [1.29, 1.82) is 0 Å². The molecule has 0 unspecified atom stereocenters. The number of pyridine rings is 1. The molecule has 1 aromatic rings. The minimum Gasteiger partial charge on any atom is -1.00 e. The van der Waals surface area contributed by atoms with E-state index in [0.29, 0.717) is 0 Å². The Morgan fingerprint density at radius 3 is 1.76 bits per heavy atom. The molecule has 0 atom stereocenters. The first-order valence-electron chi connectivity index (χ1n) is 5.29. The summed E-state index contributed by atoms with van der Waals surface area (Å²) in [6, 6.07) is 4.46. The van der Waals surface area contributed by atoms with Crippen LogP contribution < -0.4 is 17.0 Å². The Balaban J connectivity index is 0.00000400. The highest BCUT2D eigenvalue weighted by molar-refractivity contribution is 5.78. The molecule has 0 aliphatic heterocycles. The molecule has 0 spiro atoms. The average Bonchev–Trinajstić information content (AvgIpc) is 2.26. The van der Waals surface area contributed by atoms with Crippen molar-refractivity contribution in [2.45, 2.75) is 30.9 Å². The largest absolute Gasteiger partial charge is 1.00 e. The minimum absolute atomic E-state index is 0. The fraction of sp³-hybridized carbons (Fsp3) is 0.455. The minimum atomic E-state index is -5.98. The van der Waals surface area contributed by atoms with Crippen LogP contribution in [0.4, 0.5) is 26.3 Å². The normalized spacial score (nSPS) is 12.7. The third kappa shape index (κ3) is 4.57. The quantitative estimate of drug-likeness (QED) is 0.553. The van der Waals surface area contributed by atoms with Gasteiger partial charge >= 0.3 is 12.4 Å². The molecule has 0 bridgehead atoms. The number of carbonyl (C=O) groups is 1. The smallest absolute Gasteiger partial charge is 0.426 e. The summed E-state index contributed by atoms with van der Waals surface area (Å²) in [7, 11) is 0. The number of Topliss-reactive ketones (excluding diaryl/α,β-unsaturated/α-hetero) is 1. The molecule has 0 aliphatic rings. The van der Waals surface area contributed by atoms with E-state index in [1.54, 1.807) is 6.07 Å². The molecule has 0 saturated carbocycles. The van der Waals surface area contributed by atoms with Crippen LogP contribution in [-0.2, 0) is 11.3 Å². The summed E-state index contributed by atoms with van der Waals surface area (Å²) in [4.78, 5) is 11.3. The molecule has 0 fully saturated rings. The lowest BCUT2D eigenvalue weighted by molar-refractivity contribution is -0.684. The van der Waals surface area contributed by atoms with Crippen molar-refractivity contribution in [3.05, 3.63) is 30.6 Å². The van der Waals surface area contributed by atoms with Crippen LogP contribution in [0.25, 0.3) is 0 Å². The zero-order valence-corrected chi connectivity index (χ0v) is 11.0. The predicted octanol–water partition coefficient (Wildman–Crippen LogP) is -1.21. The van der Waals surface area contributed by atoms with E-state index in [1.807, 2.05) is 0 Å². The number of hydrogen-bond acceptors (Lipinski definition) is 2. The number of hydrogen-bond donors (Lipinski definition) is 1. The molecule has 3 nitrogen and oxygen atoms in total. The molecular weight excluding hydrogens is 328 g/mol. The lowest BCUT2D eigenvalue weighted by Gasteiger charge is -2.31. The van der Waals surface area contributed by atoms with E-state index in [-0.39, 0.29) is 12.4 Å². The maximum absolute atomic E-state index is 12.4. The van der Waals surface area contributed by atoms with Crippen molar-refractivity contribution in [2.24, 2.45) is 0 Å². The van der Waals surface area contributed by atoms with Crippen LogP contribution in [0.5, 0.6) is 0 Å². The second kappa shape index (κ2) is 6.61. The second-order valence-electron chi connectivity index (χ2n) is 4.12. The van der Waals surface area contributed by atoms with Gasteiger partial charge in [-0.2, -0.15) is 30.9 Å². The zero-order valence-electron chi connectivity index (χ0n) is 10.2. The highest BCUT2D eigenvalue weighted by atomic mass is 35.5. The predicted molar refractivity (Wildman–Crippen MR) is 53.3 cm³/mol. The van der Waals surface area contributed by atoms with Crippen LogP contribution in [0.15, 0.2) is 30.6 Å². The summed E-state index contributed by atoms with van der Waals surface area (Å²) >= 11 is 0. The second-order valence-corrected chi connectivity index (χ2v) is 4.12. The maximum atomic E-state index is 12.4. The van der Waals surface area contributed by atoms with Gasteiger partial charge in [0.2, 0.25) is 12.3 Å². The molecule has 120 valence electrons. The van der Waals surface area contributed by atoms with Crippen LogP contribution in [-0.4, -0.2) is 28.8 Å². The number of carbonyl (C=O) groups excluding carboxylic acids is 1. The van der Waals surface area contributed by atoms with Crippen molar-refractivity contribution in [3.63, 3.8) is 0 Å². The first-order chi connectivity index (χ1) is 8.97. The van der Waals surface area contributed by atoms with E-state index in [4.69, 9.17) is 5.11 Å². The molecule has 0 saturated heterocycles. The first-order valence-corrected chi connectivity index (χ1v) is 5.29. The number of rotatable bonds is 4. The lowest BCUT2D eigenvalue weighted by Crippen LogP contribution is -3.00. The van der Waals surface area contributed by atoms with E-state index >= 15 is 0 Å². The SMILES string of the molecule is O=C(C[n+]1ccccc1)CC(O)(C(F)(F)F)C(F)(F)F.[Cl-]. The number of halogens is 7. The van der Waals surface area contributed by atoms with Gasteiger partial charge in [-0.1, -0.05) is 6.07 Å². The summed E-state index contributed by atoms with van der Waals surface area (Å²) in [5.74, 6) is -1.39. The summed E-state index contributed by atoms with van der Waals surface area (Å²) in [6.07, 6.45) is -11.4. The molecule has 10 heteroatoms. The molecule has 0 aromatic carbocycles. The first kappa shape index (κ1) is 19.7. The van der Waals surface area contributed by atoms with Gasteiger partial charge in [-0.05, 0) is 0 Å². The molecule has 0 aliphatic carbocycles. The van der Waals surface area contributed by atoms with E-state index in [1.165, 1.54) is 24.5 Å². The van der Waals surface area contributed by atoms with Gasteiger partial charge in [0, 0.05) is 12.1 Å². The van der Waals surface area contributed by atoms with E-state index < -0.39 is 36.7 Å². The molecule has 0 radical (unpaired) electrons. The van der Waals surface area contributed by atoms with Crippen LogP contribution in [0.3, 0.4) is 0 Å². The number of ketones is 1. The Morgan fingerprint density at radius 1 is 0.952 bits per heavy atom. The summed E-state index contributed by atoms with van der Waals surface area (Å²) in [5, 5.41) is 8.85. The van der Waals surface area contributed by atoms with Crippen molar-refractivity contribution in [2.75, 3.05) is 0 Å². The zero-order chi connectivity index (χ0) is 15.6. The highest BCUT2D eigenvalue weighted by Crippen LogP contribution is 2.45. The van der Waals surface area contributed by atoms with Crippen LogP contribution in [0, 0.1) is 0 Å². The van der Waals surface area contributed by atoms with Gasteiger partial charge < -0.3 is 17.5 Å². The molecule has 21 heavy (non-hydrogen) atoms. The Morgan fingerprint density at radius 2 is 1.38 bits per heavy atom. The number of nitrogens with zero attached hydrogens (tertiary/aromatic N) is 1. The van der Waals surface area contributed by atoms with Gasteiger partial charge in [0.15, 0.2) is 12.4 Å². The Kier molecular flexibility index (Phi) is 6.18. The third-order valence-corrected chi connectivity index (χ3v) is 2.53. The third-order valence-electron chi connectivity index (χ3n) is 2.53. The number of aliphatic hydroxyl groups is 1. The molecule has 1 N–H and O–H groups in total. The van der Waals surface area contributed by atoms with Gasteiger partial charge in [-0.25, -0.2) is 0 Å². The van der Waals surface area contributed by atoms with Gasteiger partial charge in [0.25, 0.3) is 5.60 Å². The maximum Gasteiger partial charge on any atom is 0.426 e. The fourth-order valence-corrected chi connectivity index (χ4v) is 1.45. The summed E-state index contributed by atoms with van der Waals surface area (Å²) in [5.41, 5.74) is -5.04. The van der Waals surface area contributed by atoms with Gasteiger partial charge in [0.05, 0.1) is 6.42 Å². The van der Waals surface area contributed by atoms with Gasteiger partial charge in [0.1, 0.15) is 0 Å². The van der Waals surface area contributed by atoms with E-state index in [0.717, 1.165) is 4.57 Å². The highest BCUT2D eigenvalue weighted by Gasteiger charge is 2.71. The molecule has 1 aromatic heterocycles. The van der Waals surface area contributed by atoms with Crippen LogP contribution >= 0.6 is 0 Å². The lowest BCUT2D eigenvalue weighted by atomic mass is 9.95.